The fraction of sp³-hybridized carbons (Fsp3) is 0.562. The molecular weight excluding hydrogens is 368 g/mol. The molecule has 1 aromatic heterocycles. The van der Waals surface area contributed by atoms with Crippen LogP contribution >= 0.6 is 11.8 Å². The van der Waals surface area contributed by atoms with E-state index in [9.17, 15) is 9.59 Å². The Kier molecular flexibility index (Phi) is 5.12. The first-order valence-electron chi connectivity index (χ1n) is 8.93. The van der Waals surface area contributed by atoms with Gasteiger partial charge in [-0.2, -0.15) is 0 Å². The van der Waals surface area contributed by atoms with Gasteiger partial charge in [-0.15, -0.1) is 0 Å². The summed E-state index contributed by atoms with van der Waals surface area (Å²) in [5, 5.41) is 6.46. The van der Waals surface area contributed by atoms with Gasteiger partial charge in [-0.3, -0.25) is 10.1 Å². The standard InChI is InChI=1S/C16H22N8O2S/c1-22-12-11(13(25)21-16(22)26)24(9-10-27-14-18-3-2-4-19-14)15(20-12)23-7-5-17-6-8-23/h2-4,11-12,17H,5-10H2,1H3,(H,21,25,26). The van der Waals surface area contributed by atoms with E-state index in [-0.39, 0.29) is 5.91 Å². The fourth-order valence-electron chi connectivity index (χ4n) is 3.47. The van der Waals surface area contributed by atoms with Crippen LogP contribution in [-0.4, -0.2) is 100 Å². The zero-order chi connectivity index (χ0) is 18.8. The van der Waals surface area contributed by atoms with Gasteiger partial charge < -0.3 is 20.0 Å². The predicted molar refractivity (Wildman–Crippen MR) is 100 cm³/mol. The van der Waals surface area contributed by atoms with Gasteiger partial charge in [0.1, 0.15) is 0 Å². The highest BCUT2D eigenvalue weighted by molar-refractivity contribution is 7.99. The SMILES string of the molecule is CN1C(=O)NC(=O)C2C1N=C(N1CCNCC1)N2CCSc1ncccn1. The number of hydrogen-bond donors (Lipinski definition) is 2. The minimum Gasteiger partial charge on any atom is -0.340 e. The molecule has 10 nitrogen and oxygen atoms in total. The summed E-state index contributed by atoms with van der Waals surface area (Å²) in [6.45, 7) is 4.00. The number of carbonyl (C=O) groups excluding carboxylic acids is 2. The highest BCUT2D eigenvalue weighted by Gasteiger charge is 2.49. The van der Waals surface area contributed by atoms with E-state index in [1.54, 1.807) is 25.5 Å². The van der Waals surface area contributed by atoms with Crippen molar-refractivity contribution in [1.29, 1.82) is 0 Å². The Morgan fingerprint density at radius 2 is 1.96 bits per heavy atom. The molecule has 4 heterocycles. The molecule has 11 heteroatoms. The molecular formula is C16H22N8O2S. The number of aromatic nitrogens is 2. The third-order valence-corrected chi connectivity index (χ3v) is 5.70. The third kappa shape index (κ3) is 3.56. The molecule has 1 aromatic rings. The van der Waals surface area contributed by atoms with Gasteiger partial charge in [0.2, 0.25) is 0 Å². The van der Waals surface area contributed by atoms with Crippen molar-refractivity contribution in [1.82, 2.24) is 35.3 Å². The molecule has 3 aliphatic rings. The molecule has 3 amide bonds. The first-order chi connectivity index (χ1) is 13.1. The van der Waals surface area contributed by atoms with Crippen LogP contribution < -0.4 is 10.6 Å². The van der Waals surface area contributed by atoms with Crippen LogP contribution in [0.2, 0.25) is 0 Å². The molecule has 3 aliphatic heterocycles. The Balaban J connectivity index is 1.52. The number of thioether (sulfide) groups is 1. The number of imide groups is 1. The van der Waals surface area contributed by atoms with E-state index in [4.69, 9.17) is 4.99 Å². The van der Waals surface area contributed by atoms with E-state index in [2.05, 4.69) is 25.5 Å². The van der Waals surface area contributed by atoms with Crippen LogP contribution in [0.5, 0.6) is 0 Å². The first-order valence-corrected chi connectivity index (χ1v) is 9.91. The van der Waals surface area contributed by atoms with Crippen molar-refractivity contribution < 1.29 is 9.59 Å². The van der Waals surface area contributed by atoms with Crippen molar-refractivity contribution in [2.45, 2.75) is 17.4 Å². The number of fused-ring (bicyclic) bond motifs is 1. The van der Waals surface area contributed by atoms with Crippen molar-refractivity contribution in [3.8, 4) is 0 Å². The molecule has 4 rings (SSSR count). The number of nitrogens with one attached hydrogen (secondary N) is 2. The summed E-state index contributed by atoms with van der Waals surface area (Å²) in [6.07, 6.45) is 2.93. The first kappa shape index (κ1) is 18.0. The van der Waals surface area contributed by atoms with Crippen molar-refractivity contribution in [3.63, 3.8) is 0 Å². The monoisotopic (exact) mass is 390 g/mol. The topological polar surface area (TPSA) is 106 Å². The summed E-state index contributed by atoms with van der Waals surface area (Å²) in [5.41, 5.74) is 0. The van der Waals surface area contributed by atoms with Crippen molar-refractivity contribution >= 4 is 29.7 Å². The normalized spacial score (nSPS) is 25.4. The number of urea groups is 1. The Morgan fingerprint density at radius 3 is 2.70 bits per heavy atom. The fourth-order valence-corrected chi connectivity index (χ4v) is 4.22. The van der Waals surface area contributed by atoms with E-state index in [1.807, 2.05) is 4.90 Å². The average molecular weight is 390 g/mol. The molecule has 2 N–H and O–H groups in total. The number of piperazine rings is 1. The van der Waals surface area contributed by atoms with E-state index in [0.717, 1.165) is 32.1 Å². The van der Waals surface area contributed by atoms with Crippen LogP contribution in [0.25, 0.3) is 0 Å². The summed E-state index contributed by atoms with van der Waals surface area (Å²) in [5.74, 6) is 1.21. The zero-order valence-electron chi connectivity index (χ0n) is 15.0. The minimum absolute atomic E-state index is 0.294. The molecule has 2 saturated heterocycles. The number of hydrogen-bond acceptors (Lipinski definition) is 9. The number of rotatable bonds is 4. The Hall–Kier alpha value is -2.40. The second-order valence-electron chi connectivity index (χ2n) is 6.50. The lowest BCUT2D eigenvalue weighted by Gasteiger charge is -2.38. The predicted octanol–water partition coefficient (Wildman–Crippen LogP) is -0.978. The van der Waals surface area contributed by atoms with Gasteiger partial charge in [-0.1, -0.05) is 11.8 Å². The second-order valence-corrected chi connectivity index (χ2v) is 7.57. The second kappa shape index (κ2) is 7.69. The van der Waals surface area contributed by atoms with E-state index < -0.39 is 18.2 Å². The van der Waals surface area contributed by atoms with Gasteiger partial charge in [0.25, 0.3) is 5.91 Å². The molecule has 2 fully saturated rings. The van der Waals surface area contributed by atoms with Gasteiger partial charge in [-0.25, -0.2) is 19.8 Å². The maximum Gasteiger partial charge on any atom is 0.325 e. The molecule has 27 heavy (non-hydrogen) atoms. The Labute approximate surface area is 161 Å². The highest BCUT2D eigenvalue weighted by Crippen LogP contribution is 2.26. The van der Waals surface area contributed by atoms with Crippen LogP contribution in [-0.2, 0) is 4.79 Å². The van der Waals surface area contributed by atoms with Gasteiger partial charge in [0.15, 0.2) is 23.3 Å². The van der Waals surface area contributed by atoms with Crippen molar-refractivity contribution in [3.05, 3.63) is 18.5 Å². The largest absolute Gasteiger partial charge is 0.340 e. The van der Waals surface area contributed by atoms with Gasteiger partial charge in [-0.05, 0) is 6.07 Å². The maximum absolute atomic E-state index is 12.6. The molecule has 0 saturated carbocycles. The zero-order valence-corrected chi connectivity index (χ0v) is 15.9. The molecule has 2 atom stereocenters. The van der Waals surface area contributed by atoms with Gasteiger partial charge in [0, 0.05) is 57.9 Å². The van der Waals surface area contributed by atoms with Crippen LogP contribution in [0.3, 0.4) is 0 Å². The molecule has 0 aliphatic carbocycles. The lowest BCUT2D eigenvalue weighted by Crippen LogP contribution is -2.64. The molecule has 0 spiro atoms. The number of nitrogens with zero attached hydrogens (tertiary/aromatic N) is 6. The van der Waals surface area contributed by atoms with Crippen LogP contribution in [0, 0.1) is 0 Å². The smallest absolute Gasteiger partial charge is 0.325 e. The maximum atomic E-state index is 12.6. The number of carbonyl (C=O) groups is 2. The lowest BCUT2D eigenvalue weighted by molar-refractivity contribution is -0.127. The number of amides is 3. The quantitative estimate of drug-likeness (QED) is 0.499. The Morgan fingerprint density at radius 1 is 1.22 bits per heavy atom. The Bertz CT molecular complexity index is 739. The summed E-state index contributed by atoms with van der Waals surface area (Å²) in [4.78, 5) is 43.5. The third-order valence-electron chi connectivity index (χ3n) is 4.84. The summed E-state index contributed by atoms with van der Waals surface area (Å²) in [6, 6.07) is 0.872. The summed E-state index contributed by atoms with van der Waals surface area (Å²) < 4.78 is 0. The van der Waals surface area contributed by atoms with E-state index >= 15 is 0 Å². The van der Waals surface area contributed by atoms with Gasteiger partial charge in [0.05, 0.1) is 0 Å². The van der Waals surface area contributed by atoms with E-state index in [0.29, 0.717) is 17.5 Å². The van der Waals surface area contributed by atoms with Crippen LogP contribution in [0.15, 0.2) is 28.6 Å². The molecule has 144 valence electrons. The highest BCUT2D eigenvalue weighted by atomic mass is 32.2. The molecule has 0 bridgehead atoms. The lowest BCUT2D eigenvalue weighted by atomic mass is 10.1. The number of aliphatic imine (C=N–C) groups is 1. The number of guanidine groups is 1. The summed E-state index contributed by atoms with van der Waals surface area (Å²) in [7, 11) is 1.67. The number of likely N-dealkylation sites (N-methyl/N-ethyl adjacent to an activating group) is 1. The van der Waals surface area contributed by atoms with Gasteiger partial charge >= 0.3 is 6.03 Å². The van der Waals surface area contributed by atoms with Crippen molar-refractivity contribution in [2.24, 2.45) is 4.99 Å². The summed E-state index contributed by atoms with van der Waals surface area (Å²) >= 11 is 1.54. The van der Waals surface area contributed by atoms with Crippen LogP contribution in [0.1, 0.15) is 0 Å². The molecule has 2 unspecified atom stereocenters. The van der Waals surface area contributed by atoms with E-state index in [1.165, 1.54) is 16.7 Å². The average Bonchev–Trinajstić information content (AvgIpc) is 3.08. The minimum atomic E-state index is -0.505. The molecule has 0 aromatic carbocycles. The molecule has 0 radical (unpaired) electrons. The van der Waals surface area contributed by atoms with Crippen LogP contribution in [0.4, 0.5) is 4.79 Å². The van der Waals surface area contributed by atoms with Crippen molar-refractivity contribution in [2.75, 3.05) is 45.5 Å².